The molecule has 0 aliphatic heterocycles. The number of ether oxygens (including phenoxy) is 2. The molecule has 0 aliphatic carbocycles. The zero-order chi connectivity index (χ0) is 16.1. The molecule has 0 fully saturated rings. The summed E-state index contributed by atoms with van der Waals surface area (Å²) in [5.74, 6) is -0.130. The minimum Gasteiger partial charge on any atom is -0.497 e. The fraction of sp³-hybridized carbons (Fsp3) is 0.188. The van der Waals surface area contributed by atoms with Crippen LogP contribution in [0.3, 0.4) is 0 Å². The topological polar surface area (TPSA) is 92.2 Å². The molecule has 0 unspecified atom stereocenters. The Kier molecular flexibility index (Phi) is 4.59. The molecule has 0 amide bonds. The summed E-state index contributed by atoms with van der Waals surface area (Å²) in [5, 5.41) is 9.77. The maximum absolute atomic E-state index is 12.1. The van der Waals surface area contributed by atoms with Crippen LogP contribution in [0.1, 0.15) is 12.5 Å². The second-order valence-electron chi connectivity index (χ2n) is 4.40. The highest BCUT2D eigenvalue weighted by Crippen LogP contribution is 2.19. The van der Waals surface area contributed by atoms with E-state index in [9.17, 15) is 9.59 Å². The number of methoxy groups -OCH3 is 1. The Morgan fingerprint density at radius 2 is 2.18 bits per heavy atom. The van der Waals surface area contributed by atoms with Gasteiger partial charge in [0.1, 0.15) is 17.4 Å². The fourth-order valence-corrected chi connectivity index (χ4v) is 1.93. The summed E-state index contributed by atoms with van der Waals surface area (Å²) in [6.45, 7) is 1.80. The SMILES string of the molecule is CCOC(=O)/C(C#N)=C/c1cc2ccc(OC)cc2[nH]c1=O. The number of pyridine rings is 1. The van der Waals surface area contributed by atoms with Crippen LogP contribution in [0, 0.1) is 11.3 Å². The molecular formula is C16H14N2O4. The van der Waals surface area contributed by atoms with Crippen molar-refractivity contribution in [2.75, 3.05) is 13.7 Å². The first kappa shape index (κ1) is 15.3. The summed E-state index contributed by atoms with van der Waals surface area (Å²) in [6.07, 6.45) is 1.22. The predicted molar refractivity (Wildman–Crippen MR) is 81.3 cm³/mol. The van der Waals surface area contributed by atoms with Crippen LogP contribution in [-0.4, -0.2) is 24.7 Å². The van der Waals surface area contributed by atoms with E-state index in [0.717, 1.165) is 5.39 Å². The van der Waals surface area contributed by atoms with E-state index in [4.69, 9.17) is 14.7 Å². The third kappa shape index (κ3) is 3.15. The normalized spacial score (nSPS) is 11.0. The first-order chi connectivity index (χ1) is 10.6. The van der Waals surface area contributed by atoms with E-state index in [1.807, 2.05) is 0 Å². The van der Waals surface area contributed by atoms with Gasteiger partial charge >= 0.3 is 5.97 Å². The minimum absolute atomic E-state index is 0.158. The number of fused-ring (bicyclic) bond motifs is 1. The maximum Gasteiger partial charge on any atom is 0.348 e. The van der Waals surface area contributed by atoms with Gasteiger partial charge in [0.15, 0.2) is 0 Å². The lowest BCUT2D eigenvalue weighted by molar-refractivity contribution is -0.137. The molecule has 6 heteroatoms. The molecule has 0 bridgehead atoms. The van der Waals surface area contributed by atoms with Gasteiger partial charge in [-0.25, -0.2) is 4.79 Å². The zero-order valence-corrected chi connectivity index (χ0v) is 12.2. The Labute approximate surface area is 126 Å². The monoisotopic (exact) mass is 298 g/mol. The third-order valence-corrected chi connectivity index (χ3v) is 3.00. The highest BCUT2D eigenvalue weighted by atomic mass is 16.5. The number of aromatic nitrogens is 1. The quantitative estimate of drug-likeness (QED) is 0.529. The molecule has 0 spiro atoms. The summed E-state index contributed by atoms with van der Waals surface area (Å²) >= 11 is 0. The molecule has 0 saturated heterocycles. The van der Waals surface area contributed by atoms with E-state index in [2.05, 4.69) is 4.98 Å². The van der Waals surface area contributed by atoms with Crippen molar-refractivity contribution < 1.29 is 14.3 Å². The van der Waals surface area contributed by atoms with E-state index in [1.54, 1.807) is 37.3 Å². The minimum atomic E-state index is -0.751. The van der Waals surface area contributed by atoms with Gasteiger partial charge in [-0.3, -0.25) is 4.79 Å². The van der Waals surface area contributed by atoms with Crippen molar-refractivity contribution in [3.63, 3.8) is 0 Å². The molecule has 6 nitrogen and oxygen atoms in total. The van der Waals surface area contributed by atoms with Crippen LogP contribution >= 0.6 is 0 Å². The predicted octanol–water partition coefficient (Wildman–Crippen LogP) is 2.01. The zero-order valence-electron chi connectivity index (χ0n) is 12.2. The van der Waals surface area contributed by atoms with Crippen molar-refractivity contribution in [3.05, 3.63) is 45.8 Å². The van der Waals surface area contributed by atoms with Crippen LogP contribution in [-0.2, 0) is 9.53 Å². The number of H-pyrrole nitrogens is 1. The fourth-order valence-electron chi connectivity index (χ4n) is 1.93. The van der Waals surface area contributed by atoms with Gasteiger partial charge in [0.25, 0.3) is 5.56 Å². The summed E-state index contributed by atoms with van der Waals surface area (Å²) < 4.78 is 9.86. The molecule has 1 N–H and O–H groups in total. The maximum atomic E-state index is 12.1. The Balaban J connectivity index is 2.52. The van der Waals surface area contributed by atoms with Gasteiger partial charge in [0, 0.05) is 11.6 Å². The van der Waals surface area contributed by atoms with Crippen LogP contribution in [0.4, 0.5) is 0 Å². The number of nitriles is 1. The number of aromatic amines is 1. The average molecular weight is 298 g/mol. The number of esters is 1. The van der Waals surface area contributed by atoms with Crippen molar-refractivity contribution in [3.8, 4) is 11.8 Å². The van der Waals surface area contributed by atoms with Gasteiger partial charge < -0.3 is 14.5 Å². The highest BCUT2D eigenvalue weighted by molar-refractivity contribution is 5.98. The number of nitrogens with one attached hydrogen (secondary N) is 1. The summed E-state index contributed by atoms with van der Waals surface area (Å²) in [7, 11) is 1.54. The molecule has 1 heterocycles. The van der Waals surface area contributed by atoms with Crippen molar-refractivity contribution in [1.82, 2.24) is 4.98 Å². The molecule has 22 heavy (non-hydrogen) atoms. The van der Waals surface area contributed by atoms with Crippen molar-refractivity contribution in [1.29, 1.82) is 5.26 Å². The van der Waals surface area contributed by atoms with Crippen molar-refractivity contribution >= 4 is 22.9 Å². The van der Waals surface area contributed by atoms with Crippen LogP contribution in [0.15, 0.2) is 34.6 Å². The number of carbonyl (C=O) groups is 1. The van der Waals surface area contributed by atoms with E-state index >= 15 is 0 Å². The summed E-state index contributed by atoms with van der Waals surface area (Å²) in [4.78, 5) is 26.3. The number of carbonyl (C=O) groups excluding carboxylic acids is 1. The summed E-state index contributed by atoms with van der Waals surface area (Å²) in [5.41, 5.74) is 0.191. The van der Waals surface area contributed by atoms with Gasteiger partial charge in [-0.2, -0.15) is 5.26 Å². The van der Waals surface area contributed by atoms with E-state index in [-0.39, 0.29) is 17.7 Å². The number of hydrogen-bond acceptors (Lipinski definition) is 5. The molecule has 2 rings (SSSR count). The number of rotatable bonds is 4. The van der Waals surface area contributed by atoms with Gasteiger partial charge in [-0.05, 0) is 36.6 Å². The van der Waals surface area contributed by atoms with Crippen LogP contribution in [0.5, 0.6) is 5.75 Å². The molecule has 2 aromatic rings. The lowest BCUT2D eigenvalue weighted by Crippen LogP contribution is -2.11. The van der Waals surface area contributed by atoms with E-state index in [1.165, 1.54) is 13.2 Å². The van der Waals surface area contributed by atoms with Gasteiger partial charge in [0.2, 0.25) is 0 Å². The largest absolute Gasteiger partial charge is 0.497 e. The van der Waals surface area contributed by atoms with E-state index in [0.29, 0.717) is 11.3 Å². The number of benzene rings is 1. The van der Waals surface area contributed by atoms with E-state index < -0.39 is 11.5 Å². The van der Waals surface area contributed by atoms with Gasteiger partial charge in [0.05, 0.1) is 19.2 Å². The van der Waals surface area contributed by atoms with Crippen LogP contribution in [0.2, 0.25) is 0 Å². The molecule has 1 aromatic heterocycles. The van der Waals surface area contributed by atoms with Gasteiger partial charge in [-0.1, -0.05) is 0 Å². The highest BCUT2D eigenvalue weighted by Gasteiger charge is 2.11. The van der Waals surface area contributed by atoms with Crippen molar-refractivity contribution in [2.24, 2.45) is 0 Å². The van der Waals surface area contributed by atoms with Crippen LogP contribution in [0.25, 0.3) is 17.0 Å². The third-order valence-electron chi connectivity index (χ3n) is 3.00. The number of hydrogen-bond donors (Lipinski definition) is 1. The van der Waals surface area contributed by atoms with Crippen LogP contribution < -0.4 is 10.3 Å². The first-order valence-electron chi connectivity index (χ1n) is 6.59. The second kappa shape index (κ2) is 6.59. The Morgan fingerprint density at radius 3 is 2.82 bits per heavy atom. The van der Waals surface area contributed by atoms with Crippen molar-refractivity contribution in [2.45, 2.75) is 6.92 Å². The molecule has 1 aromatic carbocycles. The number of nitrogens with zero attached hydrogens (tertiary/aromatic N) is 1. The smallest absolute Gasteiger partial charge is 0.348 e. The Morgan fingerprint density at radius 1 is 1.41 bits per heavy atom. The molecule has 0 radical (unpaired) electrons. The molecule has 0 saturated carbocycles. The lowest BCUT2D eigenvalue weighted by Gasteiger charge is -2.04. The first-order valence-corrected chi connectivity index (χ1v) is 6.59. The molecular weight excluding hydrogens is 284 g/mol. The molecule has 0 aliphatic rings. The lowest BCUT2D eigenvalue weighted by atomic mass is 10.1. The standard InChI is InChI=1S/C16H14N2O4/c1-3-22-16(20)12(9-17)7-11-6-10-4-5-13(21-2)8-14(10)18-15(11)19/h4-8H,3H2,1-2H3,(H,18,19)/b12-7+. The average Bonchev–Trinajstić information content (AvgIpc) is 2.52. The Hall–Kier alpha value is -3.07. The van der Waals surface area contributed by atoms with Gasteiger partial charge in [-0.15, -0.1) is 0 Å². The second-order valence-corrected chi connectivity index (χ2v) is 4.40. The molecule has 112 valence electrons. The Bertz CT molecular complexity index is 843. The molecule has 0 atom stereocenters. The summed E-state index contributed by atoms with van der Waals surface area (Å²) in [6, 6.07) is 8.57.